The van der Waals surface area contributed by atoms with Crippen molar-refractivity contribution < 1.29 is 14.4 Å². The van der Waals surface area contributed by atoms with Crippen molar-refractivity contribution in [3.8, 4) is 0 Å². The highest BCUT2D eigenvalue weighted by Gasteiger charge is 2.45. The van der Waals surface area contributed by atoms with Gasteiger partial charge in [-0.2, -0.15) is 0 Å². The van der Waals surface area contributed by atoms with E-state index >= 15 is 0 Å². The van der Waals surface area contributed by atoms with Crippen LogP contribution in [-0.2, 0) is 14.4 Å². The lowest BCUT2D eigenvalue weighted by atomic mass is 9.77. The number of hydrogen-bond acceptors (Lipinski definition) is 3. The van der Waals surface area contributed by atoms with Crippen molar-refractivity contribution in [2.24, 2.45) is 5.41 Å². The third kappa shape index (κ3) is 3.44. The van der Waals surface area contributed by atoms with Gasteiger partial charge in [-0.15, -0.1) is 12.6 Å². The van der Waals surface area contributed by atoms with Gasteiger partial charge in [0.1, 0.15) is 0 Å². The van der Waals surface area contributed by atoms with Gasteiger partial charge in [0.05, 0.1) is 0 Å². The van der Waals surface area contributed by atoms with Crippen LogP contribution in [0.3, 0.4) is 0 Å². The van der Waals surface area contributed by atoms with Gasteiger partial charge < -0.3 is 0 Å². The van der Waals surface area contributed by atoms with Crippen molar-refractivity contribution in [1.29, 1.82) is 0 Å². The Morgan fingerprint density at radius 2 is 1.50 bits per heavy atom. The van der Waals surface area contributed by atoms with Gasteiger partial charge in [0, 0.05) is 0 Å². The maximum Gasteiger partial charge on any atom is 0.206 e. The van der Waals surface area contributed by atoms with Crippen LogP contribution in [0.1, 0.15) is 52.9 Å². The van der Waals surface area contributed by atoms with Gasteiger partial charge in [-0.05, 0) is 20.3 Å². The molecule has 3 nitrogen and oxygen atoms in total. The number of thiol groups is 1. The van der Waals surface area contributed by atoms with Crippen LogP contribution in [0.15, 0.2) is 0 Å². The highest BCUT2D eigenvalue weighted by atomic mass is 32.1. The van der Waals surface area contributed by atoms with Gasteiger partial charge in [0.25, 0.3) is 0 Å². The van der Waals surface area contributed by atoms with Crippen LogP contribution in [0.4, 0.5) is 0 Å². The Morgan fingerprint density at radius 3 is 1.81 bits per heavy atom. The summed E-state index contributed by atoms with van der Waals surface area (Å²) in [6, 6.07) is 0. The number of ketones is 2. The molecule has 0 bridgehead atoms. The summed E-state index contributed by atoms with van der Waals surface area (Å²) >= 11 is 3.70. The van der Waals surface area contributed by atoms with E-state index in [0.29, 0.717) is 12.8 Å². The van der Waals surface area contributed by atoms with Crippen LogP contribution in [-0.4, -0.2) is 16.7 Å². The normalized spacial score (nSPS) is 11.2. The van der Waals surface area contributed by atoms with Crippen LogP contribution < -0.4 is 0 Å². The van der Waals surface area contributed by atoms with E-state index in [2.05, 4.69) is 19.6 Å². The van der Waals surface area contributed by atoms with Gasteiger partial charge in [-0.1, -0.05) is 32.6 Å². The van der Waals surface area contributed by atoms with E-state index in [0.717, 1.165) is 19.3 Å². The zero-order valence-electron chi connectivity index (χ0n) is 10.2. The van der Waals surface area contributed by atoms with Gasteiger partial charge in [-0.25, -0.2) is 0 Å². The van der Waals surface area contributed by atoms with E-state index in [-0.39, 0.29) is 0 Å². The lowest BCUT2D eigenvalue weighted by Crippen LogP contribution is -2.42. The second-order valence-electron chi connectivity index (χ2n) is 4.13. The average molecular weight is 244 g/mol. The fraction of sp³-hybridized carbons (Fsp3) is 0.750. The molecule has 0 spiro atoms. The smallest absolute Gasteiger partial charge is 0.206 e. The molecule has 0 saturated heterocycles. The second-order valence-corrected chi connectivity index (χ2v) is 4.54. The Kier molecular flexibility index (Phi) is 6.56. The van der Waals surface area contributed by atoms with E-state index < -0.39 is 22.1 Å². The first-order valence-electron chi connectivity index (χ1n) is 5.65. The van der Waals surface area contributed by atoms with Crippen molar-refractivity contribution in [2.75, 3.05) is 0 Å². The van der Waals surface area contributed by atoms with Crippen LogP contribution in [0.5, 0.6) is 0 Å². The quantitative estimate of drug-likeness (QED) is 0.405. The Bertz CT molecular complexity index is 248. The number of rotatable bonds is 8. The number of carbonyl (C=O) groups excluding carboxylic acids is 3. The Labute approximate surface area is 102 Å². The van der Waals surface area contributed by atoms with Gasteiger partial charge >= 0.3 is 0 Å². The van der Waals surface area contributed by atoms with Crippen LogP contribution in [0.25, 0.3) is 0 Å². The highest BCUT2D eigenvalue weighted by Crippen LogP contribution is 2.30. The van der Waals surface area contributed by atoms with Crippen molar-refractivity contribution in [2.45, 2.75) is 52.9 Å². The minimum atomic E-state index is -1.50. The molecule has 0 radical (unpaired) electrons. The maximum atomic E-state index is 11.5. The molecule has 0 amide bonds. The molecule has 0 atom stereocenters. The zero-order chi connectivity index (χ0) is 12.8. The highest BCUT2D eigenvalue weighted by molar-refractivity contribution is 7.96. The first-order valence-corrected chi connectivity index (χ1v) is 6.09. The van der Waals surface area contributed by atoms with E-state index in [1.165, 1.54) is 13.8 Å². The monoisotopic (exact) mass is 244 g/mol. The van der Waals surface area contributed by atoms with Crippen molar-refractivity contribution >= 4 is 29.3 Å². The molecular weight excluding hydrogens is 224 g/mol. The molecule has 0 aromatic heterocycles. The molecule has 0 aliphatic heterocycles. The molecule has 92 valence electrons. The number of Topliss-reactive ketones (excluding diaryl/α,β-unsaturated/α-hetero) is 2. The topological polar surface area (TPSA) is 51.2 Å². The molecule has 4 heteroatoms. The first-order chi connectivity index (χ1) is 7.39. The molecule has 0 aliphatic carbocycles. The molecule has 0 saturated carbocycles. The molecule has 0 fully saturated rings. The molecule has 0 aromatic rings. The van der Waals surface area contributed by atoms with Gasteiger partial charge in [-0.3, -0.25) is 14.4 Å². The minimum absolute atomic E-state index is 0.292. The number of hydrogen-bond donors (Lipinski definition) is 1. The minimum Gasteiger partial charge on any atom is -0.298 e. The summed E-state index contributed by atoms with van der Waals surface area (Å²) in [5.41, 5.74) is -1.50. The van der Waals surface area contributed by atoms with E-state index in [1.54, 1.807) is 0 Å². The average Bonchev–Trinajstić information content (AvgIpc) is 2.16. The summed E-state index contributed by atoms with van der Waals surface area (Å²) < 4.78 is 0. The lowest BCUT2D eigenvalue weighted by molar-refractivity contribution is -0.144. The van der Waals surface area contributed by atoms with Crippen LogP contribution in [0, 0.1) is 5.41 Å². The van der Waals surface area contributed by atoms with Crippen molar-refractivity contribution in [1.82, 2.24) is 0 Å². The Balaban J connectivity index is 4.72. The fourth-order valence-electron chi connectivity index (χ4n) is 1.83. The molecular formula is C12H20O3S. The number of unbranched alkanes of at least 4 members (excludes halogenated alkanes) is 3. The van der Waals surface area contributed by atoms with E-state index in [9.17, 15) is 14.4 Å². The SMILES string of the molecule is CCCCCCC(C(C)=O)(C(C)=O)C(=O)S. The standard InChI is InChI=1S/C12H20O3S/c1-4-5-6-7-8-12(9(2)13,10(3)14)11(15)16/h4-8H2,1-3H3,(H,15,16). The van der Waals surface area contributed by atoms with Gasteiger partial charge in [0.2, 0.25) is 5.12 Å². The van der Waals surface area contributed by atoms with Crippen molar-refractivity contribution in [3.05, 3.63) is 0 Å². The Hall–Kier alpha value is -0.640. The predicted octanol–water partition coefficient (Wildman–Crippen LogP) is 2.58. The summed E-state index contributed by atoms with van der Waals surface area (Å²) in [6.45, 7) is 4.65. The number of carbonyl (C=O) groups is 3. The maximum absolute atomic E-state index is 11.5. The molecule has 0 aliphatic rings. The van der Waals surface area contributed by atoms with Crippen molar-refractivity contribution in [3.63, 3.8) is 0 Å². The summed E-state index contributed by atoms with van der Waals surface area (Å²) in [5.74, 6) is -0.784. The zero-order valence-corrected chi connectivity index (χ0v) is 11.1. The fourth-order valence-corrected chi connectivity index (χ4v) is 2.25. The second kappa shape index (κ2) is 6.84. The molecule has 0 rings (SSSR count). The van der Waals surface area contributed by atoms with Crippen LogP contribution in [0.2, 0.25) is 0 Å². The molecule has 0 aromatic carbocycles. The summed E-state index contributed by atoms with van der Waals surface area (Å²) in [4.78, 5) is 34.5. The third-order valence-electron chi connectivity index (χ3n) is 2.97. The predicted molar refractivity (Wildman–Crippen MR) is 66.5 cm³/mol. The molecule has 16 heavy (non-hydrogen) atoms. The first kappa shape index (κ1) is 15.4. The molecule has 0 unspecified atom stereocenters. The third-order valence-corrected chi connectivity index (χ3v) is 3.35. The largest absolute Gasteiger partial charge is 0.298 e. The van der Waals surface area contributed by atoms with E-state index in [1.807, 2.05) is 0 Å². The van der Waals surface area contributed by atoms with E-state index in [4.69, 9.17) is 0 Å². The Morgan fingerprint density at radius 1 is 1.00 bits per heavy atom. The summed E-state index contributed by atoms with van der Waals surface area (Å²) in [7, 11) is 0. The molecule has 0 heterocycles. The summed E-state index contributed by atoms with van der Waals surface area (Å²) in [5, 5.41) is -0.621. The lowest BCUT2D eigenvalue weighted by Gasteiger charge is -2.24. The molecule has 0 N–H and O–H groups in total. The van der Waals surface area contributed by atoms with Gasteiger partial charge in [0.15, 0.2) is 17.0 Å². The summed E-state index contributed by atoms with van der Waals surface area (Å²) in [6.07, 6.45) is 4.05. The van der Waals surface area contributed by atoms with Crippen LogP contribution >= 0.6 is 12.6 Å².